The number of benzene rings is 2. The van der Waals surface area contributed by atoms with Crippen LogP contribution in [0.4, 0.5) is 0 Å². The Morgan fingerprint density at radius 1 is 0.767 bits per heavy atom. The molecule has 43 heavy (non-hydrogen) atoms. The van der Waals surface area contributed by atoms with Crippen LogP contribution in [0, 0.1) is 17.3 Å². The topological polar surface area (TPSA) is 135 Å². The van der Waals surface area contributed by atoms with Gasteiger partial charge in [-0.3, -0.25) is 9.59 Å². The number of aliphatic hydroxyl groups is 1. The minimum atomic E-state index is -1.52. The highest BCUT2D eigenvalue weighted by Gasteiger charge is 2.82. The van der Waals surface area contributed by atoms with Gasteiger partial charge in [-0.25, -0.2) is 9.59 Å². The van der Waals surface area contributed by atoms with Crippen LogP contribution in [0.2, 0.25) is 0 Å². The summed E-state index contributed by atoms with van der Waals surface area (Å²) in [7, 11) is 0. The zero-order chi connectivity index (χ0) is 31.3. The number of ether oxygens (including phenoxy) is 5. The summed E-state index contributed by atoms with van der Waals surface area (Å²) in [4.78, 5) is 52.1. The Morgan fingerprint density at radius 2 is 1.28 bits per heavy atom. The maximum atomic E-state index is 13.6. The normalized spacial score (nSPS) is 35.7. The third-order valence-electron chi connectivity index (χ3n) is 9.60. The van der Waals surface area contributed by atoms with Crippen molar-refractivity contribution in [1.29, 1.82) is 0 Å². The molecule has 10 heteroatoms. The van der Waals surface area contributed by atoms with Crippen LogP contribution in [0.25, 0.3) is 0 Å². The van der Waals surface area contributed by atoms with Crippen LogP contribution in [0.3, 0.4) is 0 Å². The summed E-state index contributed by atoms with van der Waals surface area (Å²) >= 11 is 0. The van der Waals surface area contributed by atoms with Gasteiger partial charge < -0.3 is 28.8 Å². The average Bonchev–Trinajstić information content (AvgIpc) is 3.14. The van der Waals surface area contributed by atoms with E-state index >= 15 is 0 Å². The van der Waals surface area contributed by atoms with Gasteiger partial charge in [0.25, 0.3) is 0 Å². The molecule has 2 aromatic carbocycles. The van der Waals surface area contributed by atoms with Gasteiger partial charge in [0.1, 0.15) is 23.9 Å². The SMILES string of the molecule is CC(=O)O[C@@H]1[C@@H](O)[C@@H](C)[C@@]23OC(C)(C)[C@@H](C[C@H](OC(=O)c4ccccc4)[C@]2(C)[C@H]1OC(=O)c1ccccc1)[C@H]3OC(C)=O. The minimum absolute atomic E-state index is 0.177. The fraction of sp³-hybridized carbons (Fsp3) is 0.515. The molecule has 3 aliphatic rings. The zero-order valence-corrected chi connectivity index (χ0v) is 25.1. The van der Waals surface area contributed by atoms with Crippen LogP contribution in [0.15, 0.2) is 60.7 Å². The standard InChI is InChI=1S/C33H38O10/c1-18-25(36)26(39-19(2)34)28(42-30(38)22-15-11-8-12-16-22)32(6)24(41-29(37)21-13-9-7-10-14-21)17-23-27(40-20(3)35)33(18,32)43-31(23,4)5/h7-16,18,23-28,36H,17H2,1-6H3/t18-,23+,24+,25+,26-,27-,28+,32-,33+/m1/s1. The zero-order valence-electron chi connectivity index (χ0n) is 25.1. The van der Waals surface area contributed by atoms with Crippen molar-refractivity contribution in [2.45, 2.75) is 89.7 Å². The summed E-state index contributed by atoms with van der Waals surface area (Å²) in [5.74, 6) is -3.89. The smallest absolute Gasteiger partial charge is 0.338 e. The maximum Gasteiger partial charge on any atom is 0.338 e. The Hall–Kier alpha value is -3.76. The van der Waals surface area contributed by atoms with E-state index in [1.54, 1.807) is 74.5 Å². The summed E-state index contributed by atoms with van der Waals surface area (Å²) in [6.45, 7) is 9.64. The summed E-state index contributed by atoms with van der Waals surface area (Å²) in [6.07, 6.45) is -5.83. The Balaban J connectivity index is 1.71. The molecule has 1 saturated heterocycles. The van der Waals surface area contributed by atoms with E-state index in [9.17, 15) is 24.3 Å². The van der Waals surface area contributed by atoms with Gasteiger partial charge in [0.15, 0.2) is 12.2 Å². The highest BCUT2D eigenvalue weighted by atomic mass is 16.6. The van der Waals surface area contributed by atoms with Crippen LogP contribution in [0.1, 0.15) is 68.7 Å². The number of rotatable bonds is 6. The first-order valence-corrected chi connectivity index (χ1v) is 14.5. The molecule has 2 saturated carbocycles. The predicted octanol–water partition coefficient (Wildman–Crippen LogP) is 3.89. The summed E-state index contributed by atoms with van der Waals surface area (Å²) in [5, 5.41) is 11.8. The number of hydrogen-bond acceptors (Lipinski definition) is 10. The van der Waals surface area contributed by atoms with Gasteiger partial charge in [0, 0.05) is 25.7 Å². The molecule has 1 aliphatic heterocycles. The molecule has 0 amide bonds. The first-order chi connectivity index (χ1) is 20.2. The summed E-state index contributed by atoms with van der Waals surface area (Å²) in [5.41, 5.74) is -3.38. The summed E-state index contributed by atoms with van der Waals surface area (Å²) in [6, 6.07) is 16.7. The Labute approximate surface area is 250 Å². The molecule has 1 N–H and O–H groups in total. The van der Waals surface area contributed by atoms with Crippen molar-refractivity contribution >= 4 is 23.9 Å². The molecular weight excluding hydrogens is 556 g/mol. The minimum Gasteiger partial charge on any atom is -0.459 e. The van der Waals surface area contributed by atoms with E-state index in [1.807, 2.05) is 13.8 Å². The fourth-order valence-electron chi connectivity index (χ4n) is 7.65. The van der Waals surface area contributed by atoms with Crippen LogP contribution >= 0.6 is 0 Å². The number of carbonyl (C=O) groups is 4. The molecule has 5 rings (SSSR count). The maximum absolute atomic E-state index is 13.6. The number of hydrogen-bond donors (Lipinski definition) is 1. The largest absolute Gasteiger partial charge is 0.459 e. The Morgan fingerprint density at radius 3 is 1.79 bits per heavy atom. The van der Waals surface area contributed by atoms with E-state index in [0.29, 0.717) is 5.56 Å². The highest BCUT2D eigenvalue weighted by molar-refractivity contribution is 5.90. The van der Waals surface area contributed by atoms with E-state index in [0.717, 1.165) is 0 Å². The van der Waals surface area contributed by atoms with Gasteiger partial charge in [-0.05, 0) is 51.5 Å². The molecule has 9 atom stereocenters. The Kier molecular flexibility index (Phi) is 7.89. The van der Waals surface area contributed by atoms with Crippen LogP contribution in [0.5, 0.6) is 0 Å². The second kappa shape index (κ2) is 11.1. The van der Waals surface area contributed by atoms with E-state index in [1.165, 1.54) is 13.8 Å². The lowest BCUT2D eigenvalue weighted by atomic mass is 9.47. The van der Waals surface area contributed by atoms with E-state index in [-0.39, 0.29) is 12.0 Å². The van der Waals surface area contributed by atoms with Gasteiger partial charge in [0.05, 0.1) is 22.1 Å². The van der Waals surface area contributed by atoms with E-state index in [2.05, 4.69) is 0 Å². The van der Waals surface area contributed by atoms with Gasteiger partial charge >= 0.3 is 23.9 Å². The van der Waals surface area contributed by atoms with Crippen molar-refractivity contribution in [3.05, 3.63) is 71.8 Å². The molecule has 10 nitrogen and oxygen atoms in total. The summed E-state index contributed by atoms with van der Waals surface area (Å²) < 4.78 is 31.0. The predicted molar refractivity (Wildman–Crippen MR) is 152 cm³/mol. The van der Waals surface area contributed by atoms with Crippen molar-refractivity contribution in [2.75, 3.05) is 0 Å². The van der Waals surface area contributed by atoms with Crippen molar-refractivity contribution in [3.8, 4) is 0 Å². The third-order valence-corrected chi connectivity index (χ3v) is 9.60. The van der Waals surface area contributed by atoms with Gasteiger partial charge in [0.2, 0.25) is 0 Å². The molecule has 2 aliphatic carbocycles. The van der Waals surface area contributed by atoms with Gasteiger partial charge in [-0.15, -0.1) is 0 Å². The lowest BCUT2D eigenvalue weighted by Crippen LogP contribution is -2.79. The quantitative estimate of drug-likeness (QED) is 0.388. The molecule has 2 bridgehead atoms. The van der Waals surface area contributed by atoms with Crippen LogP contribution in [-0.4, -0.2) is 70.7 Å². The molecule has 0 aromatic heterocycles. The second-order valence-corrected chi connectivity index (χ2v) is 12.5. The van der Waals surface area contributed by atoms with Crippen LogP contribution in [-0.2, 0) is 33.3 Å². The molecule has 2 aromatic rings. The molecular formula is C33H38O10. The molecule has 3 fully saturated rings. The molecule has 230 valence electrons. The van der Waals surface area contributed by atoms with E-state index in [4.69, 9.17) is 23.7 Å². The van der Waals surface area contributed by atoms with Gasteiger partial charge in [-0.1, -0.05) is 43.3 Å². The average molecular weight is 595 g/mol. The lowest BCUT2D eigenvalue weighted by Gasteiger charge is -2.63. The van der Waals surface area contributed by atoms with Crippen molar-refractivity contribution < 1.29 is 48.0 Å². The van der Waals surface area contributed by atoms with E-state index < -0.39 is 82.8 Å². The Bertz CT molecular complexity index is 1390. The number of aliphatic hydroxyl groups excluding tert-OH is 1. The number of fused-ring (bicyclic) bond motifs is 1. The molecule has 0 radical (unpaired) electrons. The number of esters is 4. The molecule has 0 unspecified atom stereocenters. The van der Waals surface area contributed by atoms with Crippen molar-refractivity contribution in [1.82, 2.24) is 0 Å². The molecule has 1 spiro atoms. The van der Waals surface area contributed by atoms with Gasteiger partial charge in [-0.2, -0.15) is 0 Å². The van der Waals surface area contributed by atoms with Crippen molar-refractivity contribution in [3.63, 3.8) is 0 Å². The van der Waals surface area contributed by atoms with Crippen molar-refractivity contribution in [2.24, 2.45) is 17.3 Å². The monoisotopic (exact) mass is 594 g/mol. The fourth-order valence-corrected chi connectivity index (χ4v) is 7.65. The number of carbonyl (C=O) groups excluding carboxylic acids is 4. The lowest BCUT2D eigenvalue weighted by molar-refractivity contribution is -0.322. The third kappa shape index (κ3) is 4.90. The highest BCUT2D eigenvalue weighted by Crippen LogP contribution is 2.68. The second-order valence-electron chi connectivity index (χ2n) is 12.5. The van der Waals surface area contributed by atoms with Crippen LogP contribution < -0.4 is 0 Å². The molecule has 1 heterocycles. The first kappa shape index (κ1) is 30.7. The first-order valence-electron chi connectivity index (χ1n) is 14.5.